The number of aromatic nitrogens is 2. The van der Waals surface area contributed by atoms with Crippen molar-refractivity contribution in [3.63, 3.8) is 0 Å². The van der Waals surface area contributed by atoms with Crippen LogP contribution in [0.5, 0.6) is 0 Å². The Kier molecular flexibility index (Phi) is 10.8. The molecule has 34 heavy (non-hydrogen) atoms. The minimum atomic E-state index is -0.648. The summed E-state index contributed by atoms with van der Waals surface area (Å²) in [6, 6.07) is 8.87. The smallest absolute Gasteiger partial charge is 0.408 e. The molecule has 1 atom stereocenters. The summed E-state index contributed by atoms with van der Waals surface area (Å²) < 4.78 is 16.3. The molecule has 10 nitrogen and oxygen atoms in total. The van der Waals surface area contributed by atoms with Gasteiger partial charge in [-0.05, 0) is 39.7 Å². The summed E-state index contributed by atoms with van der Waals surface area (Å²) in [6.07, 6.45) is 1.30. The predicted octanol–water partition coefficient (Wildman–Crippen LogP) is 4.18. The number of hydrogen-bond donors (Lipinski definition) is 2. The van der Waals surface area contributed by atoms with Crippen LogP contribution in [0.25, 0.3) is 0 Å². The van der Waals surface area contributed by atoms with Crippen LogP contribution in [0.3, 0.4) is 0 Å². The maximum absolute atomic E-state index is 12.6. The van der Waals surface area contributed by atoms with Crippen molar-refractivity contribution in [3.8, 4) is 0 Å². The lowest BCUT2D eigenvalue weighted by Crippen LogP contribution is -2.39. The Morgan fingerprint density at radius 3 is 2.56 bits per heavy atom. The molecule has 1 heterocycles. The van der Waals surface area contributed by atoms with E-state index in [-0.39, 0.29) is 30.9 Å². The van der Waals surface area contributed by atoms with E-state index < -0.39 is 17.7 Å². The number of hydrogen-bond acceptors (Lipinski definition) is 7. The van der Waals surface area contributed by atoms with Gasteiger partial charge < -0.3 is 29.5 Å². The predicted molar refractivity (Wildman–Crippen MR) is 127 cm³/mol. The summed E-state index contributed by atoms with van der Waals surface area (Å²) in [5.41, 5.74) is 0.397. The van der Waals surface area contributed by atoms with Gasteiger partial charge in [-0.25, -0.2) is 9.59 Å². The molecule has 1 unspecified atom stereocenters. The van der Waals surface area contributed by atoms with E-state index in [4.69, 9.17) is 14.0 Å². The van der Waals surface area contributed by atoms with E-state index in [9.17, 15) is 9.59 Å². The summed E-state index contributed by atoms with van der Waals surface area (Å²) >= 11 is 0. The quantitative estimate of drug-likeness (QED) is 0.442. The van der Waals surface area contributed by atoms with Crippen LogP contribution in [0.4, 0.5) is 9.59 Å². The van der Waals surface area contributed by atoms with Crippen molar-refractivity contribution in [2.75, 3.05) is 19.8 Å². The number of carbonyl (C=O) groups is 2. The zero-order valence-corrected chi connectivity index (χ0v) is 20.8. The molecule has 0 fully saturated rings. The number of nitrogens with one attached hydrogen (secondary N) is 2. The number of alkyl carbamates (subject to hydrolysis) is 1. The first-order valence-electron chi connectivity index (χ1n) is 11.7. The van der Waals surface area contributed by atoms with Gasteiger partial charge in [-0.2, -0.15) is 4.98 Å². The van der Waals surface area contributed by atoms with Crippen molar-refractivity contribution in [2.24, 2.45) is 0 Å². The van der Waals surface area contributed by atoms with Gasteiger partial charge in [-0.1, -0.05) is 48.8 Å². The van der Waals surface area contributed by atoms with Gasteiger partial charge >= 0.3 is 12.1 Å². The van der Waals surface area contributed by atoms with Gasteiger partial charge in [0.25, 0.3) is 0 Å². The monoisotopic (exact) mass is 475 g/mol. The highest BCUT2D eigenvalue weighted by Crippen LogP contribution is 2.14. The maximum atomic E-state index is 12.6. The number of urea groups is 1. The number of benzene rings is 1. The van der Waals surface area contributed by atoms with Gasteiger partial charge in [0, 0.05) is 19.7 Å². The van der Waals surface area contributed by atoms with Gasteiger partial charge in [0.1, 0.15) is 11.6 Å². The standard InChI is InChI=1S/C24H37N5O5/c1-6-8-14-32-17-19(26-23(31)33-24(3,4)5)21-27-20(34-28-21)15-25-22(30)29(7-2)16-18-12-10-9-11-13-18/h9-13,19H,6-8,14-17H2,1-5H3,(H,25,30)(H,26,31). The number of rotatable bonds is 12. The Hall–Kier alpha value is -3.14. The normalized spacial score (nSPS) is 12.1. The number of carbonyl (C=O) groups excluding carboxylic acids is 2. The van der Waals surface area contributed by atoms with Gasteiger partial charge in [0.15, 0.2) is 5.82 Å². The van der Waals surface area contributed by atoms with Gasteiger partial charge in [-0.3, -0.25) is 0 Å². The zero-order valence-electron chi connectivity index (χ0n) is 20.8. The van der Waals surface area contributed by atoms with Crippen LogP contribution in [0, 0.1) is 0 Å². The lowest BCUT2D eigenvalue weighted by molar-refractivity contribution is 0.0431. The fourth-order valence-electron chi connectivity index (χ4n) is 2.95. The van der Waals surface area contributed by atoms with Crippen molar-refractivity contribution in [1.82, 2.24) is 25.7 Å². The van der Waals surface area contributed by atoms with E-state index >= 15 is 0 Å². The summed E-state index contributed by atoms with van der Waals surface area (Å²) in [5.74, 6) is 0.479. The third-order valence-electron chi connectivity index (χ3n) is 4.69. The molecule has 0 radical (unpaired) electrons. The Morgan fingerprint density at radius 1 is 1.18 bits per heavy atom. The van der Waals surface area contributed by atoms with E-state index in [1.807, 2.05) is 37.3 Å². The molecule has 0 saturated carbocycles. The molecule has 0 spiro atoms. The number of ether oxygens (including phenoxy) is 2. The van der Waals surface area contributed by atoms with Crippen LogP contribution >= 0.6 is 0 Å². The maximum Gasteiger partial charge on any atom is 0.408 e. The largest absolute Gasteiger partial charge is 0.444 e. The van der Waals surface area contributed by atoms with Crippen molar-refractivity contribution >= 4 is 12.1 Å². The molecule has 188 valence electrons. The minimum Gasteiger partial charge on any atom is -0.444 e. The van der Waals surface area contributed by atoms with E-state index in [2.05, 4.69) is 27.7 Å². The summed E-state index contributed by atoms with van der Waals surface area (Å²) in [7, 11) is 0. The molecule has 1 aromatic heterocycles. The highest BCUT2D eigenvalue weighted by atomic mass is 16.6. The van der Waals surface area contributed by atoms with Crippen LogP contribution < -0.4 is 10.6 Å². The summed E-state index contributed by atoms with van der Waals surface area (Å²) in [5, 5.41) is 9.51. The highest BCUT2D eigenvalue weighted by Gasteiger charge is 2.25. The molecular weight excluding hydrogens is 438 g/mol. The first kappa shape index (κ1) is 27.1. The third kappa shape index (κ3) is 9.78. The Bertz CT molecular complexity index is 881. The molecule has 2 rings (SSSR count). The van der Waals surface area contributed by atoms with Crippen LogP contribution in [-0.4, -0.2) is 52.5 Å². The van der Waals surface area contributed by atoms with E-state index in [0.29, 0.717) is 19.7 Å². The van der Waals surface area contributed by atoms with Crippen LogP contribution in [0.2, 0.25) is 0 Å². The average molecular weight is 476 g/mol. The molecule has 0 aliphatic carbocycles. The molecule has 1 aromatic carbocycles. The van der Waals surface area contributed by atoms with Crippen molar-refractivity contribution in [1.29, 1.82) is 0 Å². The Labute approximate surface area is 201 Å². The van der Waals surface area contributed by atoms with Gasteiger partial charge in [0.05, 0.1) is 13.2 Å². The molecule has 10 heteroatoms. The van der Waals surface area contributed by atoms with Gasteiger partial charge in [0.2, 0.25) is 5.89 Å². The third-order valence-corrected chi connectivity index (χ3v) is 4.69. The number of unbranched alkanes of at least 4 members (excludes halogenated alkanes) is 1. The number of amides is 3. The van der Waals surface area contributed by atoms with Crippen LogP contribution in [0.15, 0.2) is 34.9 Å². The van der Waals surface area contributed by atoms with Crippen molar-refractivity contribution in [2.45, 2.75) is 72.2 Å². The fraction of sp³-hybridized carbons (Fsp3) is 0.583. The summed E-state index contributed by atoms with van der Waals surface area (Å²) in [4.78, 5) is 30.9. The van der Waals surface area contributed by atoms with E-state index in [1.165, 1.54) is 0 Å². The SMILES string of the molecule is CCCCOCC(NC(=O)OC(C)(C)C)c1noc(CNC(=O)N(CC)Cc2ccccc2)n1. The minimum absolute atomic E-state index is 0.0625. The zero-order chi connectivity index (χ0) is 25.0. The molecule has 2 aromatic rings. The number of nitrogens with zero attached hydrogens (tertiary/aromatic N) is 3. The molecule has 0 aliphatic rings. The second-order valence-electron chi connectivity index (χ2n) is 8.83. The lowest BCUT2D eigenvalue weighted by atomic mass is 10.2. The first-order chi connectivity index (χ1) is 16.2. The molecule has 0 aliphatic heterocycles. The Morgan fingerprint density at radius 2 is 1.91 bits per heavy atom. The first-order valence-corrected chi connectivity index (χ1v) is 11.7. The molecule has 2 N–H and O–H groups in total. The van der Waals surface area contributed by atoms with Crippen LogP contribution in [-0.2, 0) is 22.6 Å². The molecular formula is C24H37N5O5. The molecule has 3 amide bonds. The highest BCUT2D eigenvalue weighted by molar-refractivity contribution is 5.74. The van der Waals surface area contributed by atoms with Gasteiger partial charge in [-0.15, -0.1) is 0 Å². The second kappa shape index (κ2) is 13.5. The Balaban J connectivity index is 1.97. The fourth-order valence-corrected chi connectivity index (χ4v) is 2.95. The van der Waals surface area contributed by atoms with E-state index in [1.54, 1.807) is 25.7 Å². The molecule has 0 saturated heterocycles. The average Bonchev–Trinajstić information content (AvgIpc) is 3.26. The van der Waals surface area contributed by atoms with E-state index in [0.717, 1.165) is 18.4 Å². The summed E-state index contributed by atoms with van der Waals surface area (Å²) in [6.45, 7) is 11.2. The topological polar surface area (TPSA) is 119 Å². The molecule has 0 bridgehead atoms. The lowest BCUT2D eigenvalue weighted by Gasteiger charge is -2.22. The second-order valence-corrected chi connectivity index (χ2v) is 8.83. The van der Waals surface area contributed by atoms with Crippen molar-refractivity contribution < 1.29 is 23.6 Å². The van der Waals surface area contributed by atoms with Crippen LogP contribution in [0.1, 0.15) is 70.8 Å². The van der Waals surface area contributed by atoms with Crippen molar-refractivity contribution in [3.05, 3.63) is 47.6 Å².